The molecule has 0 amide bonds. The van der Waals surface area contributed by atoms with Gasteiger partial charge in [0.25, 0.3) is 0 Å². The fourth-order valence-corrected chi connectivity index (χ4v) is 2.17. The topological polar surface area (TPSA) is 52.6 Å². The fourth-order valence-electron chi connectivity index (χ4n) is 1.81. The summed E-state index contributed by atoms with van der Waals surface area (Å²) in [6.45, 7) is 6.58. The molecule has 0 fully saturated rings. The maximum Gasteiger partial charge on any atom is 0.339 e. The van der Waals surface area contributed by atoms with Gasteiger partial charge in [0.15, 0.2) is 0 Å². The van der Waals surface area contributed by atoms with Crippen molar-refractivity contribution in [1.82, 2.24) is 0 Å². The third-order valence-corrected chi connectivity index (χ3v) is 3.35. The van der Waals surface area contributed by atoms with Crippen molar-refractivity contribution in [2.75, 3.05) is 13.2 Å². The average Bonchev–Trinajstić information content (AvgIpc) is 2.43. The zero-order chi connectivity index (χ0) is 15.8. The van der Waals surface area contributed by atoms with Crippen molar-refractivity contribution < 1.29 is 19.1 Å². The van der Waals surface area contributed by atoms with Crippen molar-refractivity contribution in [2.45, 2.75) is 33.6 Å². The highest BCUT2D eigenvalue weighted by Crippen LogP contribution is 2.19. The maximum absolute atomic E-state index is 12.1. The number of hydrogen-bond acceptors (Lipinski definition) is 4. The van der Waals surface area contributed by atoms with Crippen LogP contribution >= 0.6 is 15.9 Å². The van der Waals surface area contributed by atoms with E-state index in [0.717, 1.165) is 12.8 Å². The molecule has 0 saturated heterocycles. The van der Waals surface area contributed by atoms with Crippen LogP contribution in [-0.4, -0.2) is 25.2 Å². The molecule has 0 aliphatic carbocycles. The van der Waals surface area contributed by atoms with Gasteiger partial charge in [-0.25, -0.2) is 9.59 Å². The standard InChI is InChI=1S/C16H21BrO4/c1-4-20-16(19)14-10-12(17)7-8-13(14)15(18)21-9-5-6-11(2)3/h7-8,10-11H,4-6,9H2,1-3H3. The Morgan fingerprint density at radius 1 is 1.14 bits per heavy atom. The molecule has 0 aliphatic rings. The molecule has 0 heterocycles. The second-order valence-corrected chi connectivity index (χ2v) is 6.00. The number of hydrogen-bond donors (Lipinski definition) is 0. The van der Waals surface area contributed by atoms with Crippen LogP contribution < -0.4 is 0 Å². The van der Waals surface area contributed by atoms with Gasteiger partial charge in [-0.1, -0.05) is 29.8 Å². The summed E-state index contributed by atoms with van der Waals surface area (Å²) in [7, 11) is 0. The average molecular weight is 357 g/mol. The molecule has 0 radical (unpaired) electrons. The minimum absolute atomic E-state index is 0.222. The molecule has 1 aromatic carbocycles. The molecule has 21 heavy (non-hydrogen) atoms. The van der Waals surface area contributed by atoms with E-state index < -0.39 is 11.9 Å². The summed E-state index contributed by atoms with van der Waals surface area (Å²) >= 11 is 3.28. The summed E-state index contributed by atoms with van der Waals surface area (Å²) in [6, 6.07) is 4.84. The molecule has 1 aromatic rings. The molecule has 4 nitrogen and oxygen atoms in total. The zero-order valence-corrected chi connectivity index (χ0v) is 14.2. The van der Waals surface area contributed by atoms with E-state index in [-0.39, 0.29) is 17.7 Å². The fraction of sp³-hybridized carbons (Fsp3) is 0.500. The van der Waals surface area contributed by atoms with Crippen LogP contribution in [0.3, 0.4) is 0 Å². The van der Waals surface area contributed by atoms with Crippen LogP contribution in [0.1, 0.15) is 54.3 Å². The third-order valence-electron chi connectivity index (χ3n) is 2.86. The molecular weight excluding hydrogens is 336 g/mol. The molecule has 0 spiro atoms. The summed E-state index contributed by atoms with van der Waals surface area (Å²) < 4.78 is 10.9. The lowest BCUT2D eigenvalue weighted by atomic mass is 10.1. The molecule has 1 rings (SSSR count). The molecule has 0 atom stereocenters. The second kappa shape index (κ2) is 8.82. The maximum atomic E-state index is 12.1. The summed E-state index contributed by atoms with van der Waals surface area (Å²) in [5, 5.41) is 0. The van der Waals surface area contributed by atoms with Gasteiger partial charge in [0, 0.05) is 4.47 Å². The van der Waals surface area contributed by atoms with E-state index in [1.54, 1.807) is 25.1 Å². The van der Waals surface area contributed by atoms with Crippen molar-refractivity contribution in [3.63, 3.8) is 0 Å². The highest BCUT2D eigenvalue weighted by Gasteiger charge is 2.19. The minimum Gasteiger partial charge on any atom is -0.462 e. The lowest BCUT2D eigenvalue weighted by Crippen LogP contribution is -2.14. The van der Waals surface area contributed by atoms with E-state index in [4.69, 9.17) is 9.47 Å². The van der Waals surface area contributed by atoms with Gasteiger partial charge in [-0.2, -0.15) is 0 Å². The van der Waals surface area contributed by atoms with E-state index in [1.807, 2.05) is 0 Å². The number of carbonyl (C=O) groups is 2. The Labute approximate surface area is 133 Å². The Balaban J connectivity index is 2.76. The molecular formula is C16H21BrO4. The van der Waals surface area contributed by atoms with Crippen LogP contribution in [0.2, 0.25) is 0 Å². The first-order chi connectivity index (χ1) is 9.95. The van der Waals surface area contributed by atoms with Crippen LogP contribution in [0.25, 0.3) is 0 Å². The molecule has 0 unspecified atom stereocenters. The molecule has 5 heteroatoms. The summed E-state index contributed by atoms with van der Waals surface area (Å²) in [5.74, 6) is -0.436. The van der Waals surface area contributed by atoms with Crippen LogP contribution in [0.5, 0.6) is 0 Å². The summed E-state index contributed by atoms with van der Waals surface area (Å²) in [4.78, 5) is 24.0. The Hall–Kier alpha value is -1.36. The zero-order valence-electron chi connectivity index (χ0n) is 12.6. The van der Waals surface area contributed by atoms with Gasteiger partial charge in [-0.05, 0) is 43.9 Å². The van der Waals surface area contributed by atoms with Gasteiger partial charge in [-0.3, -0.25) is 0 Å². The normalized spacial score (nSPS) is 10.5. The SMILES string of the molecule is CCOC(=O)c1cc(Br)ccc1C(=O)OCCCC(C)C. The van der Waals surface area contributed by atoms with Crippen molar-refractivity contribution in [3.05, 3.63) is 33.8 Å². The largest absolute Gasteiger partial charge is 0.462 e. The minimum atomic E-state index is -0.520. The van der Waals surface area contributed by atoms with Gasteiger partial charge in [0.2, 0.25) is 0 Å². The number of carbonyl (C=O) groups excluding carboxylic acids is 2. The Kier molecular flexibility index (Phi) is 7.43. The van der Waals surface area contributed by atoms with E-state index >= 15 is 0 Å². The van der Waals surface area contributed by atoms with E-state index in [2.05, 4.69) is 29.8 Å². The number of halogens is 1. The van der Waals surface area contributed by atoms with Crippen molar-refractivity contribution >= 4 is 27.9 Å². The lowest BCUT2D eigenvalue weighted by Gasteiger charge is -2.10. The van der Waals surface area contributed by atoms with Gasteiger partial charge in [0.1, 0.15) is 0 Å². The predicted molar refractivity (Wildman–Crippen MR) is 84.5 cm³/mol. The van der Waals surface area contributed by atoms with Crippen LogP contribution in [0, 0.1) is 5.92 Å². The molecule has 0 saturated carbocycles. The quantitative estimate of drug-likeness (QED) is 0.542. The monoisotopic (exact) mass is 356 g/mol. The number of esters is 2. The second-order valence-electron chi connectivity index (χ2n) is 5.08. The van der Waals surface area contributed by atoms with E-state index in [0.29, 0.717) is 17.0 Å². The first-order valence-electron chi connectivity index (χ1n) is 7.09. The first-order valence-corrected chi connectivity index (χ1v) is 7.88. The van der Waals surface area contributed by atoms with E-state index in [9.17, 15) is 9.59 Å². The van der Waals surface area contributed by atoms with Crippen LogP contribution in [0.4, 0.5) is 0 Å². The predicted octanol–water partition coefficient (Wildman–Crippen LogP) is 4.22. The van der Waals surface area contributed by atoms with Gasteiger partial charge in [0.05, 0.1) is 24.3 Å². The number of rotatable bonds is 7. The van der Waals surface area contributed by atoms with Gasteiger partial charge >= 0.3 is 11.9 Å². The smallest absolute Gasteiger partial charge is 0.339 e. The lowest BCUT2D eigenvalue weighted by molar-refractivity contribution is 0.0460. The molecule has 0 aliphatic heterocycles. The highest BCUT2D eigenvalue weighted by molar-refractivity contribution is 9.10. The Morgan fingerprint density at radius 2 is 1.81 bits per heavy atom. The summed E-state index contributed by atoms with van der Waals surface area (Å²) in [5.41, 5.74) is 0.460. The molecule has 0 N–H and O–H groups in total. The van der Waals surface area contributed by atoms with Crippen molar-refractivity contribution in [1.29, 1.82) is 0 Å². The highest BCUT2D eigenvalue weighted by atomic mass is 79.9. The molecule has 116 valence electrons. The molecule has 0 aromatic heterocycles. The van der Waals surface area contributed by atoms with Crippen LogP contribution in [0.15, 0.2) is 22.7 Å². The summed E-state index contributed by atoms with van der Waals surface area (Å²) in [6.07, 6.45) is 1.81. The van der Waals surface area contributed by atoms with Crippen molar-refractivity contribution in [3.8, 4) is 0 Å². The Morgan fingerprint density at radius 3 is 2.43 bits per heavy atom. The van der Waals surface area contributed by atoms with Gasteiger partial charge < -0.3 is 9.47 Å². The van der Waals surface area contributed by atoms with E-state index in [1.165, 1.54) is 0 Å². The molecule has 0 bridgehead atoms. The Bertz CT molecular complexity index is 497. The van der Waals surface area contributed by atoms with Crippen LogP contribution in [-0.2, 0) is 9.47 Å². The number of ether oxygens (including phenoxy) is 2. The van der Waals surface area contributed by atoms with Gasteiger partial charge in [-0.15, -0.1) is 0 Å². The number of benzene rings is 1. The third kappa shape index (κ3) is 5.87. The van der Waals surface area contributed by atoms with Crippen molar-refractivity contribution in [2.24, 2.45) is 5.92 Å². The first kappa shape index (κ1) is 17.7.